The van der Waals surface area contributed by atoms with E-state index in [4.69, 9.17) is 51.2 Å². The molecule has 0 radical (unpaired) electrons. The van der Waals surface area contributed by atoms with E-state index in [9.17, 15) is 99.9 Å². The monoisotopic (exact) mass is 1970 g/mol. The Morgan fingerprint density at radius 3 is 1.05 bits per heavy atom. The van der Waals surface area contributed by atoms with E-state index in [1.165, 1.54) is 40.2 Å². The van der Waals surface area contributed by atoms with E-state index in [1.54, 1.807) is 42.4 Å². The number of nitrogens with one attached hydrogen (secondary N) is 2. The Hall–Kier alpha value is -5.01. The summed E-state index contributed by atoms with van der Waals surface area (Å²) in [7, 11) is -10.6. The first-order valence-corrected chi connectivity index (χ1v) is 48.0. The first kappa shape index (κ1) is 129. The summed E-state index contributed by atoms with van der Waals surface area (Å²) in [4.78, 5) is 141. The SMILES string of the molecule is CC(=O)SC[C@]1(C)CCCN1C(=O)C(F)(F)F.CC(=O)[S-].CC(C)(C)OC(=O)N1CCC[C@@]1(C)CO.CC(C)(C)OC(=O)N1CCC[C@@]1(C)COC=O.CC(C)(C)OC(=O)N1CCC[C@@]1(C)COS(C)(=O)=O.C[C@@]1(COS(C)(=O)=O)CCCN1.C[C@@]1(COS(C)(=O)=O)CCCN1C(=O)C(F)(F)F.C[C@H]1CCCN1.C[C@H]1CCCN1C(=O)OC(C)(C)C.O=C=O.O=C=O.[K+]. The minimum atomic E-state index is -4.96. The number of carbonyl (C=O) groups is 9. The van der Waals surface area contributed by atoms with Crippen molar-refractivity contribution in [2.45, 2.75) is 335 Å². The summed E-state index contributed by atoms with van der Waals surface area (Å²) < 4.78 is 180. The van der Waals surface area contributed by atoms with Crippen LogP contribution in [0.25, 0.3) is 0 Å². The molecular formula is C80H141F6KN8O28S5. The number of ether oxygens (including phenoxy) is 5. The minimum absolute atomic E-state index is 0. The van der Waals surface area contributed by atoms with Gasteiger partial charge in [0.1, 0.15) is 29.0 Å². The molecule has 8 aliphatic rings. The topological polar surface area (TPSA) is 462 Å². The molecule has 8 heterocycles. The molecule has 0 aromatic rings. The number of amides is 6. The van der Waals surface area contributed by atoms with Crippen LogP contribution < -0.4 is 62.0 Å². The molecule has 0 aliphatic carbocycles. The summed E-state index contributed by atoms with van der Waals surface area (Å²) in [5, 5.41) is 15.4. The van der Waals surface area contributed by atoms with Crippen molar-refractivity contribution >= 4 is 120 Å². The van der Waals surface area contributed by atoms with E-state index in [-0.39, 0.29) is 155 Å². The fourth-order valence-corrected chi connectivity index (χ4v) is 15.6. The maximum atomic E-state index is 12.4. The second-order valence-corrected chi connectivity index (χ2v) is 43.6. The fraction of sp³-hybridized carbons (Fsp3) is 0.863. The van der Waals surface area contributed by atoms with Gasteiger partial charge in [0, 0.05) is 80.2 Å². The number of aliphatic hydroxyl groups excluding tert-OH is 1. The number of halogens is 6. The van der Waals surface area contributed by atoms with Crippen LogP contribution in [0.4, 0.5) is 45.5 Å². The third-order valence-electron chi connectivity index (χ3n) is 19.7. The van der Waals surface area contributed by atoms with Gasteiger partial charge in [0.05, 0.1) is 67.4 Å². The Morgan fingerprint density at radius 1 is 0.469 bits per heavy atom. The molecule has 0 saturated carbocycles. The van der Waals surface area contributed by atoms with Crippen LogP contribution in [0.3, 0.4) is 0 Å². The number of alkyl halides is 6. The normalized spacial score (nSPS) is 24.2. The first-order valence-electron chi connectivity index (χ1n) is 41.2. The molecule has 8 fully saturated rings. The van der Waals surface area contributed by atoms with Crippen LogP contribution >= 0.6 is 11.8 Å². The van der Waals surface area contributed by atoms with Crippen LogP contribution in [0.1, 0.15) is 255 Å². The van der Waals surface area contributed by atoms with Crippen molar-refractivity contribution in [3.05, 3.63) is 0 Å². The second-order valence-electron chi connectivity index (χ2n) is 37.0. The predicted molar refractivity (Wildman–Crippen MR) is 459 cm³/mol. The van der Waals surface area contributed by atoms with E-state index in [1.807, 2.05) is 94.9 Å². The van der Waals surface area contributed by atoms with Gasteiger partial charge in [0.15, 0.2) is 5.12 Å². The maximum Gasteiger partial charge on any atom is 1.00 e. The van der Waals surface area contributed by atoms with Gasteiger partial charge in [-0.3, -0.25) is 36.6 Å². The minimum Gasteiger partial charge on any atom is -0.742 e. The molecule has 0 spiro atoms. The van der Waals surface area contributed by atoms with E-state index in [2.05, 4.69) is 41.3 Å². The predicted octanol–water partition coefficient (Wildman–Crippen LogP) is 7.77. The fourth-order valence-electron chi connectivity index (χ4n) is 13.4. The van der Waals surface area contributed by atoms with Crippen molar-refractivity contribution < 1.29 is 207 Å². The zero-order chi connectivity index (χ0) is 99.9. The molecule has 0 aromatic heterocycles. The summed E-state index contributed by atoms with van der Waals surface area (Å²) >= 11 is 4.94. The molecule has 0 unspecified atom stereocenters. The quantitative estimate of drug-likeness (QED) is 0.0352. The Balaban J connectivity index is -0.000000681. The Kier molecular flexibility index (Phi) is 57.6. The summed E-state index contributed by atoms with van der Waals surface area (Å²) in [5.41, 5.74) is -5.71. The summed E-state index contributed by atoms with van der Waals surface area (Å²) in [6.07, 6.45) is 6.00. The van der Waals surface area contributed by atoms with Crippen LogP contribution in [0.15, 0.2) is 0 Å². The number of thioether (sulfide) groups is 1. The molecular weight excluding hydrogens is 1830 g/mol. The van der Waals surface area contributed by atoms with Crippen molar-refractivity contribution in [2.24, 2.45) is 0 Å². The smallest absolute Gasteiger partial charge is 0.742 e. The standard InChI is InChI=1S/C12H23NO5S.C12H21NO4.C11H21NO3.C10H14F3NO2S.C10H19NO2.C9H14F3NO4S.C7H15NO3S.C5H11N.C2H4OS.2CO2.K/c1-11(2,3)18-10(14)13-8-6-7-12(13,4)9-17-19(5,15)16;1-11(2,3)17-10(15)13-7-5-6-12(13,4)8-16-9-14;1-10(2,3)15-9(14)12-7-5-6-11(12,4)8-13;1-7(15)17-6-9(2)4-3-5-14(9)8(16)10(11,12)13;1-8-6-5-7-11(8)9(12)13-10(2,3)4;1-8(6-17-18(2,15)16)4-3-5-13(8)7(14)9(10,11)12;1-7(4-3-5-8-7)6-11-12(2,9)10;1-5-3-2-4-6-5;1-2(3)4;2*2-1-3;/h6-9H2,1-5H3;9H,5-8H2,1-4H3;13H,5-8H2,1-4H3;3-6H2,1-2H3;8H,5-7H2,1-4H3;3-6H2,1-2H3;8H,3-6H2,1-2H3;5-6H,2-4H2,1H3;1H3,(H,3,4);;;/q;;;;;;;;;;;+1/p-1/t2*12-;11-;9-;2*8-;7-;5-;;;;/m00000000..../s1. The third-order valence-corrected chi connectivity index (χ3v) is 22.5. The number of hydrogen-bond donors (Lipinski definition) is 3. The summed E-state index contributed by atoms with van der Waals surface area (Å²) in [6.45, 7) is 45.0. The van der Waals surface area contributed by atoms with Crippen molar-refractivity contribution in [2.75, 3.05) is 110 Å². The molecule has 0 aromatic carbocycles. The van der Waals surface area contributed by atoms with Crippen LogP contribution in [0.5, 0.6) is 0 Å². The summed E-state index contributed by atoms with van der Waals surface area (Å²) in [6, 6.07) is 1.14. The summed E-state index contributed by atoms with van der Waals surface area (Å²) in [5.74, 6) is -3.55. The van der Waals surface area contributed by atoms with E-state index < -0.39 is 112 Å². The molecule has 8 aliphatic heterocycles. The van der Waals surface area contributed by atoms with Gasteiger partial charge >= 0.3 is 112 Å². The molecule has 8 saturated heterocycles. The number of aliphatic hydroxyl groups is 1. The van der Waals surface area contributed by atoms with Crippen molar-refractivity contribution in [3.63, 3.8) is 0 Å². The number of carbonyl (C=O) groups excluding carboxylic acids is 13. The van der Waals surface area contributed by atoms with Crippen molar-refractivity contribution in [3.8, 4) is 0 Å². The van der Waals surface area contributed by atoms with Gasteiger partial charge in [-0.05, 0) is 261 Å². The van der Waals surface area contributed by atoms with Gasteiger partial charge in [-0.2, -0.15) is 70.8 Å². The number of likely N-dealkylation sites (tertiary alicyclic amines) is 6. The van der Waals surface area contributed by atoms with Gasteiger partial charge in [-0.15, -0.1) is 0 Å². The molecule has 6 amide bonds. The van der Waals surface area contributed by atoms with Crippen LogP contribution in [-0.4, -0.2) is 315 Å². The molecule has 742 valence electrons. The number of hydrogen-bond acceptors (Lipinski definition) is 32. The second kappa shape index (κ2) is 57.0. The van der Waals surface area contributed by atoms with Crippen LogP contribution in [0, 0.1) is 0 Å². The van der Waals surface area contributed by atoms with Crippen molar-refractivity contribution in [1.29, 1.82) is 0 Å². The molecule has 48 heteroatoms. The van der Waals surface area contributed by atoms with Gasteiger partial charge in [-0.1, -0.05) is 11.8 Å². The Morgan fingerprint density at radius 2 is 0.781 bits per heavy atom. The molecule has 8 rings (SSSR count). The average molecular weight is 1980 g/mol. The van der Waals surface area contributed by atoms with E-state index in [0.29, 0.717) is 62.7 Å². The molecule has 128 heavy (non-hydrogen) atoms. The Labute approximate surface area is 805 Å². The van der Waals surface area contributed by atoms with Crippen molar-refractivity contribution in [1.82, 2.24) is 40.0 Å². The van der Waals surface area contributed by atoms with Gasteiger partial charge in [-0.25, -0.2) is 19.2 Å². The van der Waals surface area contributed by atoms with Crippen LogP contribution in [0.2, 0.25) is 0 Å². The molecule has 3 N–H and O–H groups in total. The largest absolute Gasteiger partial charge is 1.00 e. The Bertz CT molecular complexity index is 3870. The van der Waals surface area contributed by atoms with E-state index >= 15 is 0 Å². The average Bonchev–Trinajstić information content (AvgIpc) is 1.68. The zero-order valence-electron chi connectivity index (χ0n) is 79.4. The van der Waals surface area contributed by atoms with E-state index in [0.717, 1.165) is 112 Å². The molecule has 8 atom stereocenters. The molecule has 36 nitrogen and oxygen atoms in total. The number of rotatable bonds is 15. The zero-order valence-corrected chi connectivity index (χ0v) is 86.6. The number of nitrogens with zero attached hydrogens (tertiary/aromatic N) is 6. The van der Waals surface area contributed by atoms with Gasteiger partial charge < -0.3 is 81.3 Å². The van der Waals surface area contributed by atoms with Crippen LogP contribution in [-0.2, 0) is 122 Å². The maximum absolute atomic E-state index is 12.4. The van der Waals surface area contributed by atoms with Gasteiger partial charge in [0.25, 0.3) is 36.8 Å². The third kappa shape index (κ3) is 55.6. The molecule has 0 bridgehead atoms. The first-order chi connectivity index (χ1) is 57.4. The van der Waals surface area contributed by atoms with Gasteiger partial charge in [0.2, 0.25) is 0 Å².